The third-order valence-corrected chi connectivity index (χ3v) is 5.57. The maximum absolute atomic E-state index is 5.14. The molecule has 0 amide bonds. The molecule has 0 aliphatic heterocycles. The van der Waals surface area contributed by atoms with Crippen molar-refractivity contribution >= 4 is 17.2 Å². The average Bonchev–Trinajstić information content (AvgIpc) is 2.72. The first kappa shape index (κ1) is 18.2. The van der Waals surface area contributed by atoms with E-state index < -0.39 is 0 Å². The molecule has 0 N–H and O–H groups in total. The lowest BCUT2D eigenvalue weighted by Crippen LogP contribution is -2.25. The summed E-state index contributed by atoms with van der Waals surface area (Å²) in [5.41, 5.74) is 3.59. The third kappa shape index (κ3) is 3.50. The van der Waals surface area contributed by atoms with Gasteiger partial charge in [-0.2, -0.15) is 0 Å². The molecule has 0 spiro atoms. The molecule has 134 valence electrons. The SMILES string of the molecule is CCC(CC)(CC)c1cccc(N(c2ccccc2)c2ccccc2)n1. The molecular formula is C24H28N2. The van der Waals surface area contributed by atoms with E-state index in [-0.39, 0.29) is 5.41 Å². The van der Waals surface area contributed by atoms with Crippen molar-refractivity contribution in [2.24, 2.45) is 0 Å². The largest absolute Gasteiger partial charge is 0.295 e. The molecule has 2 aromatic carbocycles. The van der Waals surface area contributed by atoms with Crippen molar-refractivity contribution in [2.45, 2.75) is 45.4 Å². The van der Waals surface area contributed by atoms with E-state index in [2.05, 4.69) is 92.4 Å². The predicted octanol–water partition coefficient (Wildman–Crippen LogP) is 7.02. The topological polar surface area (TPSA) is 16.1 Å². The summed E-state index contributed by atoms with van der Waals surface area (Å²) in [6.45, 7) is 6.81. The Morgan fingerprint density at radius 3 is 1.62 bits per heavy atom. The molecular weight excluding hydrogens is 316 g/mol. The smallest absolute Gasteiger partial charge is 0.137 e. The molecule has 0 atom stereocenters. The van der Waals surface area contributed by atoms with E-state index in [0.29, 0.717) is 0 Å². The molecule has 0 radical (unpaired) electrons. The maximum Gasteiger partial charge on any atom is 0.137 e. The highest BCUT2D eigenvalue weighted by Gasteiger charge is 2.28. The Bertz CT molecular complexity index is 760. The summed E-state index contributed by atoms with van der Waals surface area (Å²) in [4.78, 5) is 7.37. The van der Waals surface area contributed by atoms with Gasteiger partial charge in [0.2, 0.25) is 0 Å². The Balaban J connectivity index is 2.13. The van der Waals surface area contributed by atoms with Gasteiger partial charge in [-0.05, 0) is 55.7 Å². The fourth-order valence-electron chi connectivity index (χ4n) is 3.70. The lowest BCUT2D eigenvalue weighted by atomic mass is 9.76. The van der Waals surface area contributed by atoms with Crippen molar-refractivity contribution in [3.8, 4) is 0 Å². The van der Waals surface area contributed by atoms with Crippen LogP contribution in [0.3, 0.4) is 0 Å². The number of pyridine rings is 1. The van der Waals surface area contributed by atoms with Crippen LogP contribution in [-0.4, -0.2) is 4.98 Å². The molecule has 1 heterocycles. The fourth-order valence-corrected chi connectivity index (χ4v) is 3.70. The van der Waals surface area contributed by atoms with Gasteiger partial charge in [-0.1, -0.05) is 63.2 Å². The van der Waals surface area contributed by atoms with Crippen LogP contribution in [0, 0.1) is 0 Å². The van der Waals surface area contributed by atoms with E-state index in [0.717, 1.165) is 36.5 Å². The zero-order chi connectivity index (χ0) is 18.4. The Morgan fingerprint density at radius 2 is 1.15 bits per heavy atom. The van der Waals surface area contributed by atoms with Gasteiger partial charge in [-0.3, -0.25) is 4.90 Å². The highest BCUT2D eigenvalue weighted by molar-refractivity contribution is 5.74. The summed E-state index contributed by atoms with van der Waals surface area (Å²) in [6.07, 6.45) is 3.31. The third-order valence-electron chi connectivity index (χ3n) is 5.57. The Morgan fingerprint density at radius 1 is 0.654 bits per heavy atom. The van der Waals surface area contributed by atoms with Crippen LogP contribution in [0.1, 0.15) is 45.7 Å². The van der Waals surface area contributed by atoms with E-state index in [1.807, 2.05) is 12.1 Å². The van der Waals surface area contributed by atoms with Crippen LogP contribution < -0.4 is 4.90 Å². The average molecular weight is 345 g/mol. The van der Waals surface area contributed by atoms with E-state index in [1.54, 1.807) is 0 Å². The van der Waals surface area contributed by atoms with Crippen LogP contribution in [0.4, 0.5) is 17.2 Å². The van der Waals surface area contributed by atoms with Crippen LogP contribution in [-0.2, 0) is 5.41 Å². The molecule has 2 heteroatoms. The molecule has 0 saturated carbocycles. The minimum atomic E-state index is 0.148. The minimum Gasteiger partial charge on any atom is -0.295 e. The predicted molar refractivity (Wildman–Crippen MR) is 111 cm³/mol. The second kappa shape index (κ2) is 8.18. The van der Waals surface area contributed by atoms with Crippen LogP contribution in [0.5, 0.6) is 0 Å². The van der Waals surface area contributed by atoms with Crippen LogP contribution >= 0.6 is 0 Å². The zero-order valence-electron chi connectivity index (χ0n) is 16.0. The quantitative estimate of drug-likeness (QED) is 0.458. The number of nitrogens with zero attached hydrogens (tertiary/aromatic N) is 2. The first-order valence-electron chi connectivity index (χ1n) is 9.62. The van der Waals surface area contributed by atoms with Crippen LogP contribution in [0.2, 0.25) is 0 Å². The molecule has 3 rings (SSSR count). The van der Waals surface area contributed by atoms with E-state index in [9.17, 15) is 0 Å². The number of anilines is 3. The molecule has 26 heavy (non-hydrogen) atoms. The van der Waals surface area contributed by atoms with Gasteiger partial charge in [0.15, 0.2) is 0 Å². The molecule has 0 aliphatic rings. The number of rotatable bonds is 7. The highest BCUT2D eigenvalue weighted by atomic mass is 15.2. The molecule has 3 aromatic rings. The second-order valence-corrected chi connectivity index (χ2v) is 6.73. The molecule has 0 aliphatic carbocycles. The van der Waals surface area contributed by atoms with Crippen molar-refractivity contribution in [1.82, 2.24) is 4.98 Å². The summed E-state index contributed by atoms with van der Waals surface area (Å²) in [5.74, 6) is 0.972. The van der Waals surface area contributed by atoms with Crippen LogP contribution in [0.25, 0.3) is 0 Å². The lowest BCUT2D eigenvalue weighted by molar-refractivity contribution is 0.371. The van der Waals surface area contributed by atoms with E-state index in [1.165, 1.54) is 5.69 Å². The van der Waals surface area contributed by atoms with Crippen molar-refractivity contribution in [2.75, 3.05) is 4.90 Å². The van der Waals surface area contributed by atoms with Crippen molar-refractivity contribution < 1.29 is 0 Å². The zero-order valence-corrected chi connectivity index (χ0v) is 16.0. The second-order valence-electron chi connectivity index (χ2n) is 6.73. The summed E-state index contributed by atoms with van der Waals surface area (Å²) in [5, 5.41) is 0. The first-order valence-corrected chi connectivity index (χ1v) is 9.62. The normalized spacial score (nSPS) is 11.3. The molecule has 0 fully saturated rings. The molecule has 0 unspecified atom stereocenters. The number of para-hydroxylation sites is 2. The van der Waals surface area contributed by atoms with Crippen LogP contribution in [0.15, 0.2) is 78.9 Å². The Hall–Kier alpha value is -2.61. The van der Waals surface area contributed by atoms with Gasteiger partial charge < -0.3 is 0 Å². The molecule has 0 saturated heterocycles. The lowest BCUT2D eigenvalue weighted by Gasteiger charge is -2.31. The number of benzene rings is 2. The molecule has 1 aromatic heterocycles. The highest BCUT2D eigenvalue weighted by Crippen LogP contribution is 2.37. The van der Waals surface area contributed by atoms with Gasteiger partial charge in [-0.15, -0.1) is 0 Å². The Kier molecular flexibility index (Phi) is 5.72. The van der Waals surface area contributed by atoms with Gasteiger partial charge in [0.05, 0.1) is 0 Å². The molecule has 0 bridgehead atoms. The number of hydrogen-bond donors (Lipinski definition) is 0. The molecule has 2 nitrogen and oxygen atoms in total. The summed E-state index contributed by atoms with van der Waals surface area (Å²) < 4.78 is 0. The Labute approximate surface area is 157 Å². The van der Waals surface area contributed by atoms with Crippen molar-refractivity contribution in [3.05, 3.63) is 84.6 Å². The van der Waals surface area contributed by atoms with Gasteiger partial charge in [-0.25, -0.2) is 4.98 Å². The number of hydrogen-bond acceptors (Lipinski definition) is 2. The van der Waals surface area contributed by atoms with E-state index in [4.69, 9.17) is 4.98 Å². The van der Waals surface area contributed by atoms with E-state index >= 15 is 0 Å². The van der Waals surface area contributed by atoms with Crippen molar-refractivity contribution in [1.29, 1.82) is 0 Å². The van der Waals surface area contributed by atoms with Crippen molar-refractivity contribution in [3.63, 3.8) is 0 Å². The minimum absolute atomic E-state index is 0.148. The fraction of sp³-hybridized carbons (Fsp3) is 0.292. The number of aromatic nitrogens is 1. The van der Waals surface area contributed by atoms with Gasteiger partial charge in [0.1, 0.15) is 5.82 Å². The van der Waals surface area contributed by atoms with Gasteiger partial charge in [0.25, 0.3) is 0 Å². The standard InChI is InChI=1S/C24H28N2/c1-4-24(5-2,6-3)22-18-13-19-23(25-22)26(20-14-9-7-10-15-20)21-16-11-8-12-17-21/h7-19H,4-6H2,1-3H3. The van der Waals surface area contributed by atoms with Gasteiger partial charge >= 0.3 is 0 Å². The summed E-state index contributed by atoms with van der Waals surface area (Å²) >= 11 is 0. The monoisotopic (exact) mass is 344 g/mol. The maximum atomic E-state index is 5.14. The summed E-state index contributed by atoms with van der Waals surface area (Å²) in [7, 11) is 0. The summed E-state index contributed by atoms with van der Waals surface area (Å²) in [6, 6.07) is 27.4. The van der Waals surface area contributed by atoms with Gasteiger partial charge in [0, 0.05) is 22.5 Å². The first-order chi connectivity index (χ1) is 12.7.